The first-order chi connectivity index (χ1) is 13.1. The maximum Gasteiger partial charge on any atom is 0.252 e. The number of amides is 1. The Kier molecular flexibility index (Phi) is 4.99. The second-order valence-electron chi connectivity index (χ2n) is 6.65. The summed E-state index contributed by atoms with van der Waals surface area (Å²) in [4.78, 5) is 16.2. The first kappa shape index (κ1) is 17.8. The number of aromatic amines is 1. The summed E-state index contributed by atoms with van der Waals surface area (Å²) in [6, 6.07) is 0. The van der Waals surface area contributed by atoms with Gasteiger partial charge in [0.25, 0.3) is 5.91 Å². The molecule has 1 amide bonds. The molecule has 3 aromatic heterocycles. The predicted octanol–water partition coefficient (Wildman–Crippen LogP) is 1.40. The van der Waals surface area contributed by atoms with Crippen molar-refractivity contribution in [2.24, 2.45) is 0 Å². The number of tetrazole rings is 1. The average Bonchev–Trinajstić information content (AvgIpc) is 3.38. The zero-order valence-corrected chi connectivity index (χ0v) is 16.1. The van der Waals surface area contributed by atoms with Crippen LogP contribution >= 0.6 is 11.3 Å². The minimum Gasteiger partial charge on any atom is -0.361 e. The first-order valence-corrected chi connectivity index (χ1v) is 9.73. The van der Waals surface area contributed by atoms with Gasteiger partial charge in [-0.2, -0.15) is 5.21 Å². The summed E-state index contributed by atoms with van der Waals surface area (Å²) in [5.41, 5.74) is 4.08. The van der Waals surface area contributed by atoms with E-state index in [1.165, 1.54) is 10.4 Å². The van der Waals surface area contributed by atoms with Crippen LogP contribution in [0.5, 0.6) is 0 Å². The average molecular weight is 387 g/mol. The molecule has 1 aliphatic heterocycles. The van der Waals surface area contributed by atoms with Crippen LogP contribution in [0.1, 0.15) is 43.6 Å². The van der Waals surface area contributed by atoms with Crippen molar-refractivity contribution in [3.8, 4) is 0 Å². The topological polar surface area (TPSA) is 113 Å². The lowest BCUT2D eigenvalue weighted by atomic mass is 10.0. The Morgan fingerprint density at radius 2 is 2.33 bits per heavy atom. The highest BCUT2D eigenvalue weighted by atomic mass is 32.1. The maximum absolute atomic E-state index is 12.5. The maximum atomic E-state index is 12.5. The standard InChI is InChI=1S/C17H21N7O2S/c1-10-13(11(2)26-21-10)7-24-6-4-12-14(9-27-15(12)8-24)17(25)18-5-3-16-19-22-23-20-16/h9H,3-8H2,1-2H3,(H,18,25)(H,19,20,22,23). The van der Waals surface area contributed by atoms with Crippen molar-refractivity contribution in [3.05, 3.63) is 44.2 Å². The molecule has 0 atom stereocenters. The molecule has 1 aliphatic rings. The monoisotopic (exact) mass is 387 g/mol. The number of fused-ring (bicyclic) bond motifs is 1. The zero-order chi connectivity index (χ0) is 18.8. The Labute approximate surface area is 160 Å². The lowest BCUT2D eigenvalue weighted by Crippen LogP contribution is -2.31. The zero-order valence-electron chi connectivity index (χ0n) is 15.3. The molecular formula is C17H21N7O2S. The van der Waals surface area contributed by atoms with Gasteiger partial charge in [-0.1, -0.05) is 10.4 Å². The van der Waals surface area contributed by atoms with Crippen LogP contribution in [0.15, 0.2) is 9.90 Å². The van der Waals surface area contributed by atoms with Crippen molar-refractivity contribution >= 4 is 17.2 Å². The summed E-state index contributed by atoms with van der Waals surface area (Å²) in [7, 11) is 0. The Bertz CT molecular complexity index is 912. The van der Waals surface area contributed by atoms with Crippen molar-refractivity contribution in [2.75, 3.05) is 13.1 Å². The van der Waals surface area contributed by atoms with Crippen molar-refractivity contribution in [2.45, 2.75) is 39.8 Å². The van der Waals surface area contributed by atoms with Crippen molar-refractivity contribution in [1.82, 2.24) is 36.0 Å². The van der Waals surface area contributed by atoms with E-state index in [4.69, 9.17) is 4.52 Å². The quantitative estimate of drug-likeness (QED) is 0.657. The SMILES string of the molecule is Cc1noc(C)c1CN1CCc2c(C(=O)NCCc3nn[nH]n3)csc2C1. The number of thiophene rings is 1. The number of aryl methyl sites for hydroxylation is 2. The second-order valence-corrected chi connectivity index (χ2v) is 7.61. The lowest BCUT2D eigenvalue weighted by molar-refractivity contribution is 0.0952. The minimum atomic E-state index is -0.0323. The summed E-state index contributed by atoms with van der Waals surface area (Å²) in [6.07, 6.45) is 1.43. The number of hydrogen-bond donors (Lipinski definition) is 2. The largest absolute Gasteiger partial charge is 0.361 e. The summed E-state index contributed by atoms with van der Waals surface area (Å²) in [5.74, 6) is 1.44. The van der Waals surface area contributed by atoms with Gasteiger partial charge in [-0.3, -0.25) is 9.69 Å². The third-order valence-electron chi connectivity index (χ3n) is 4.86. The Morgan fingerprint density at radius 1 is 1.44 bits per heavy atom. The van der Waals surface area contributed by atoms with Crippen LogP contribution in [0.2, 0.25) is 0 Å². The third kappa shape index (κ3) is 3.76. The molecule has 0 unspecified atom stereocenters. The number of carbonyl (C=O) groups excluding carboxylic acids is 1. The van der Waals surface area contributed by atoms with E-state index >= 15 is 0 Å². The van der Waals surface area contributed by atoms with Crippen LogP contribution in [-0.4, -0.2) is 49.7 Å². The van der Waals surface area contributed by atoms with Crippen molar-refractivity contribution in [1.29, 1.82) is 0 Å². The van der Waals surface area contributed by atoms with Crippen LogP contribution in [0, 0.1) is 13.8 Å². The first-order valence-electron chi connectivity index (χ1n) is 8.85. The molecular weight excluding hydrogens is 366 g/mol. The summed E-state index contributed by atoms with van der Waals surface area (Å²) >= 11 is 1.66. The van der Waals surface area contributed by atoms with E-state index in [2.05, 4.69) is 36.0 Å². The minimum absolute atomic E-state index is 0.0323. The molecule has 10 heteroatoms. The Hall–Kier alpha value is -2.59. The van der Waals surface area contributed by atoms with E-state index < -0.39 is 0 Å². The highest BCUT2D eigenvalue weighted by molar-refractivity contribution is 7.10. The molecule has 0 fully saturated rings. The second kappa shape index (κ2) is 7.57. The van der Waals surface area contributed by atoms with Gasteiger partial charge in [-0.05, 0) is 25.8 Å². The van der Waals surface area contributed by atoms with Gasteiger partial charge in [0.05, 0.1) is 11.3 Å². The molecule has 9 nitrogen and oxygen atoms in total. The van der Waals surface area contributed by atoms with Crippen molar-refractivity contribution in [3.63, 3.8) is 0 Å². The summed E-state index contributed by atoms with van der Waals surface area (Å²) in [6.45, 7) is 7.00. The number of rotatable bonds is 6. The number of aromatic nitrogens is 5. The fourth-order valence-corrected chi connectivity index (χ4v) is 4.45. The highest BCUT2D eigenvalue weighted by Crippen LogP contribution is 2.30. The van der Waals surface area contributed by atoms with Crippen LogP contribution in [0.3, 0.4) is 0 Å². The molecule has 4 heterocycles. The smallest absolute Gasteiger partial charge is 0.252 e. The van der Waals surface area contributed by atoms with Gasteiger partial charge in [0.1, 0.15) is 5.76 Å². The molecule has 27 heavy (non-hydrogen) atoms. The Balaban J connectivity index is 1.37. The van der Waals surface area contributed by atoms with E-state index in [0.717, 1.165) is 48.6 Å². The Morgan fingerprint density at radius 3 is 3.07 bits per heavy atom. The molecule has 2 N–H and O–H groups in total. The van der Waals surface area contributed by atoms with E-state index in [1.807, 2.05) is 19.2 Å². The molecule has 0 aromatic carbocycles. The number of carbonyl (C=O) groups is 1. The number of nitrogens with one attached hydrogen (secondary N) is 2. The fourth-order valence-electron chi connectivity index (χ4n) is 3.33. The molecule has 142 valence electrons. The molecule has 0 radical (unpaired) electrons. The molecule has 0 aliphatic carbocycles. The molecule has 0 saturated heterocycles. The highest BCUT2D eigenvalue weighted by Gasteiger charge is 2.25. The van der Waals surface area contributed by atoms with E-state index in [1.54, 1.807) is 11.3 Å². The number of hydrogen-bond acceptors (Lipinski definition) is 8. The van der Waals surface area contributed by atoms with Crippen LogP contribution in [0.25, 0.3) is 0 Å². The summed E-state index contributed by atoms with van der Waals surface area (Å²) < 4.78 is 5.26. The molecule has 0 spiro atoms. The van der Waals surface area contributed by atoms with E-state index in [-0.39, 0.29) is 5.91 Å². The van der Waals surface area contributed by atoms with Gasteiger partial charge in [-0.25, -0.2) is 0 Å². The van der Waals surface area contributed by atoms with Gasteiger partial charge in [0.15, 0.2) is 5.82 Å². The van der Waals surface area contributed by atoms with Gasteiger partial charge in [0, 0.05) is 48.4 Å². The molecule has 0 saturated carbocycles. The predicted molar refractivity (Wildman–Crippen MR) is 98.3 cm³/mol. The van der Waals surface area contributed by atoms with Gasteiger partial charge < -0.3 is 9.84 Å². The van der Waals surface area contributed by atoms with Crippen LogP contribution < -0.4 is 5.32 Å². The molecule has 4 rings (SSSR count). The van der Waals surface area contributed by atoms with E-state index in [0.29, 0.717) is 18.8 Å². The van der Waals surface area contributed by atoms with Gasteiger partial charge >= 0.3 is 0 Å². The van der Waals surface area contributed by atoms with Gasteiger partial charge in [0.2, 0.25) is 0 Å². The van der Waals surface area contributed by atoms with Gasteiger partial charge in [-0.15, -0.1) is 21.5 Å². The van der Waals surface area contributed by atoms with E-state index in [9.17, 15) is 4.79 Å². The lowest BCUT2D eigenvalue weighted by Gasteiger charge is -2.27. The fraction of sp³-hybridized carbons (Fsp3) is 0.471. The molecule has 0 bridgehead atoms. The number of nitrogens with zero attached hydrogens (tertiary/aromatic N) is 5. The number of H-pyrrole nitrogens is 1. The van der Waals surface area contributed by atoms with Crippen LogP contribution in [-0.2, 0) is 25.9 Å². The normalized spacial score (nSPS) is 14.3. The van der Waals surface area contributed by atoms with Crippen molar-refractivity contribution < 1.29 is 9.32 Å². The van der Waals surface area contributed by atoms with Crippen LogP contribution in [0.4, 0.5) is 0 Å². The molecule has 3 aromatic rings. The summed E-state index contributed by atoms with van der Waals surface area (Å²) in [5, 5.41) is 22.6. The third-order valence-corrected chi connectivity index (χ3v) is 5.87.